The second kappa shape index (κ2) is 5.34. The van der Waals surface area contributed by atoms with Crippen LogP contribution in [-0.4, -0.2) is 26.0 Å². The summed E-state index contributed by atoms with van der Waals surface area (Å²) in [5, 5.41) is 29.5. The molecule has 19 heavy (non-hydrogen) atoms. The van der Waals surface area contributed by atoms with Crippen LogP contribution in [0, 0.1) is 6.92 Å². The van der Waals surface area contributed by atoms with Crippen LogP contribution < -0.4 is 5.48 Å². The van der Waals surface area contributed by atoms with Crippen molar-refractivity contribution in [2.45, 2.75) is 13.3 Å². The molecule has 0 saturated heterocycles. The first-order chi connectivity index (χ1) is 9.04. The molecule has 1 aliphatic carbocycles. The highest BCUT2D eigenvalue weighted by Crippen LogP contribution is 2.31. The van der Waals surface area contributed by atoms with E-state index in [9.17, 15) is 10.3 Å². The number of aryl methyl sites for hydroxylation is 1. The van der Waals surface area contributed by atoms with Gasteiger partial charge in [0.15, 0.2) is 5.76 Å². The molecular formula is C13H14ClN2O3+. The fourth-order valence-electron chi connectivity index (χ4n) is 1.82. The molecule has 0 aliphatic heterocycles. The number of aliphatic hydroxyl groups is 1. The molecule has 6 heteroatoms. The summed E-state index contributed by atoms with van der Waals surface area (Å²) in [5.74, 6) is -0.0365. The molecule has 1 aromatic rings. The number of rotatable bonds is 2. The van der Waals surface area contributed by atoms with Gasteiger partial charge in [0.25, 0.3) is 11.4 Å². The Morgan fingerprint density at radius 3 is 2.74 bits per heavy atom. The monoisotopic (exact) mass is 281 g/mol. The summed E-state index contributed by atoms with van der Waals surface area (Å²) in [5.41, 5.74) is 3.61. The number of benzene rings is 1. The Morgan fingerprint density at radius 1 is 1.37 bits per heavy atom. The van der Waals surface area contributed by atoms with E-state index >= 15 is 0 Å². The number of allylic oxidation sites excluding steroid dienone is 4. The molecular weight excluding hydrogens is 268 g/mol. The Labute approximate surface area is 115 Å². The first kappa shape index (κ1) is 13.5. The summed E-state index contributed by atoms with van der Waals surface area (Å²) in [6, 6.07) is 3.11. The maximum absolute atomic E-state index is 10.2. The minimum Gasteiger partial charge on any atom is -0.502 e. The van der Waals surface area contributed by atoms with Crippen molar-refractivity contribution in [3.63, 3.8) is 0 Å². The number of aliphatic hydroxyl groups excluding tert-OH is 1. The van der Waals surface area contributed by atoms with Crippen LogP contribution in [0.4, 0.5) is 11.4 Å². The molecule has 0 amide bonds. The fraction of sp³-hybridized carbons (Fsp3) is 0.154. The summed E-state index contributed by atoms with van der Waals surface area (Å²) < 4.78 is 0.805. The SMILES string of the molecule is Cc1cc(NO)c(/[N+](O)=C2\CC=CC=C2O)cc1Cl. The Kier molecular flexibility index (Phi) is 3.78. The molecule has 0 unspecified atom stereocenters. The predicted octanol–water partition coefficient (Wildman–Crippen LogP) is 3.33. The van der Waals surface area contributed by atoms with Gasteiger partial charge in [0, 0.05) is 10.8 Å². The largest absolute Gasteiger partial charge is 0.502 e. The summed E-state index contributed by atoms with van der Waals surface area (Å²) in [7, 11) is 0. The molecule has 100 valence electrons. The maximum atomic E-state index is 10.2. The van der Waals surface area contributed by atoms with Crippen molar-refractivity contribution < 1.29 is 20.3 Å². The molecule has 0 atom stereocenters. The van der Waals surface area contributed by atoms with Crippen LogP contribution in [0.5, 0.6) is 0 Å². The topological polar surface area (TPSA) is 75.7 Å². The third kappa shape index (κ3) is 2.57. The molecule has 1 aliphatic rings. The van der Waals surface area contributed by atoms with Gasteiger partial charge in [-0.05, 0) is 24.6 Å². The lowest BCUT2D eigenvalue weighted by Gasteiger charge is -2.08. The van der Waals surface area contributed by atoms with E-state index in [0.29, 0.717) is 22.8 Å². The average Bonchev–Trinajstić information content (AvgIpc) is 2.41. The van der Waals surface area contributed by atoms with E-state index < -0.39 is 0 Å². The lowest BCUT2D eigenvalue weighted by molar-refractivity contribution is -0.713. The lowest BCUT2D eigenvalue weighted by atomic mass is 10.1. The van der Waals surface area contributed by atoms with Crippen LogP contribution in [0.15, 0.2) is 36.1 Å². The normalized spacial score (nSPS) is 17.1. The predicted molar refractivity (Wildman–Crippen MR) is 72.8 cm³/mol. The first-order valence-electron chi connectivity index (χ1n) is 5.66. The van der Waals surface area contributed by atoms with Gasteiger partial charge in [-0.2, -0.15) is 0 Å². The van der Waals surface area contributed by atoms with Crippen molar-refractivity contribution in [2.24, 2.45) is 0 Å². The second-order valence-electron chi connectivity index (χ2n) is 4.17. The highest BCUT2D eigenvalue weighted by molar-refractivity contribution is 6.31. The van der Waals surface area contributed by atoms with Crippen molar-refractivity contribution >= 4 is 28.7 Å². The minimum atomic E-state index is -0.0365. The van der Waals surface area contributed by atoms with E-state index in [0.717, 1.165) is 10.3 Å². The summed E-state index contributed by atoms with van der Waals surface area (Å²) in [6.07, 6.45) is 5.33. The smallest absolute Gasteiger partial charge is 0.284 e. The standard InChI is InChI=1S/C13H13ClN2O3/c1-8-6-10(15-18)12(7-9(8)14)16(19)11-4-2-3-5-13(11)17/h2-3,5-7,15,18H,4H2,1H3,(H-,17,19)/p+1/b16-11-. The van der Waals surface area contributed by atoms with Gasteiger partial charge in [-0.25, -0.2) is 0 Å². The number of anilines is 1. The lowest BCUT2D eigenvalue weighted by Crippen LogP contribution is -2.18. The average molecular weight is 282 g/mol. The molecule has 0 saturated carbocycles. The molecule has 0 aromatic heterocycles. The van der Waals surface area contributed by atoms with Crippen molar-refractivity contribution in [1.82, 2.24) is 0 Å². The Balaban J connectivity index is 2.58. The van der Waals surface area contributed by atoms with E-state index in [1.54, 1.807) is 25.1 Å². The quantitative estimate of drug-likeness (QED) is 0.381. The number of nitrogens with one attached hydrogen (secondary N) is 1. The van der Waals surface area contributed by atoms with Gasteiger partial charge in [0.1, 0.15) is 5.69 Å². The van der Waals surface area contributed by atoms with E-state index in [4.69, 9.17) is 16.8 Å². The van der Waals surface area contributed by atoms with Gasteiger partial charge >= 0.3 is 0 Å². The van der Waals surface area contributed by atoms with E-state index in [1.807, 2.05) is 5.48 Å². The molecule has 4 N–H and O–H groups in total. The van der Waals surface area contributed by atoms with Crippen LogP contribution in [0.2, 0.25) is 5.02 Å². The number of hydrogen-bond acceptors (Lipinski definition) is 4. The van der Waals surface area contributed by atoms with Gasteiger partial charge in [0.05, 0.1) is 11.4 Å². The molecule has 0 radical (unpaired) electrons. The molecule has 2 rings (SSSR count). The maximum Gasteiger partial charge on any atom is 0.284 e. The van der Waals surface area contributed by atoms with Crippen molar-refractivity contribution in [2.75, 3.05) is 5.48 Å². The van der Waals surface area contributed by atoms with Crippen LogP contribution in [-0.2, 0) is 0 Å². The second-order valence-corrected chi connectivity index (χ2v) is 4.58. The summed E-state index contributed by atoms with van der Waals surface area (Å²) >= 11 is 6.01. The Bertz CT molecular complexity index is 606. The highest BCUT2D eigenvalue weighted by atomic mass is 35.5. The zero-order valence-electron chi connectivity index (χ0n) is 10.3. The van der Waals surface area contributed by atoms with Gasteiger partial charge in [0.2, 0.25) is 0 Å². The van der Waals surface area contributed by atoms with Crippen LogP contribution in [0.3, 0.4) is 0 Å². The third-order valence-corrected chi connectivity index (χ3v) is 3.29. The van der Waals surface area contributed by atoms with Gasteiger partial charge in [-0.15, -0.1) is 0 Å². The van der Waals surface area contributed by atoms with E-state index in [2.05, 4.69) is 0 Å². The molecule has 0 bridgehead atoms. The molecule has 0 fully saturated rings. The highest BCUT2D eigenvalue weighted by Gasteiger charge is 2.26. The number of nitrogens with zero attached hydrogens (tertiary/aromatic N) is 1. The molecule has 5 nitrogen and oxygen atoms in total. The van der Waals surface area contributed by atoms with Crippen LogP contribution in [0.1, 0.15) is 12.0 Å². The summed E-state index contributed by atoms with van der Waals surface area (Å²) in [6.45, 7) is 1.78. The van der Waals surface area contributed by atoms with Gasteiger partial charge < -0.3 is 5.11 Å². The molecule has 1 aromatic carbocycles. The third-order valence-electron chi connectivity index (χ3n) is 2.88. The fourth-order valence-corrected chi connectivity index (χ4v) is 1.97. The van der Waals surface area contributed by atoms with E-state index in [-0.39, 0.29) is 11.4 Å². The first-order valence-corrected chi connectivity index (χ1v) is 6.03. The minimum absolute atomic E-state index is 0.0365. The van der Waals surface area contributed by atoms with Gasteiger partial charge in [-0.3, -0.25) is 15.9 Å². The molecule has 0 spiro atoms. The van der Waals surface area contributed by atoms with E-state index in [1.165, 1.54) is 12.1 Å². The van der Waals surface area contributed by atoms with Crippen molar-refractivity contribution in [3.05, 3.63) is 46.7 Å². The molecule has 0 heterocycles. The van der Waals surface area contributed by atoms with Crippen molar-refractivity contribution in [3.8, 4) is 0 Å². The zero-order valence-corrected chi connectivity index (χ0v) is 11.0. The number of halogens is 1. The Hall–Kier alpha value is -1.98. The zero-order chi connectivity index (χ0) is 14.0. The van der Waals surface area contributed by atoms with Crippen LogP contribution in [0.25, 0.3) is 0 Å². The van der Waals surface area contributed by atoms with Gasteiger partial charge in [-0.1, -0.05) is 23.8 Å². The van der Waals surface area contributed by atoms with Crippen molar-refractivity contribution in [1.29, 1.82) is 0 Å². The summed E-state index contributed by atoms with van der Waals surface area (Å²) in [4.78, 5) is 0. The van der Waals surface area contributed by atoms with Crippen LogP contribution >= 0.6 is 11.6 Å². The Morgan fingerprint density at radius 2 is 2.11 bits per heavy atom. The number of hydrogen-bond donors (Lipinski definition) is 4.